The highest BCUT2D eigenvalue weighted by Gasteiger charge is 2.23. The molecule has 0 radical (unpaired) electrons. The first kappa shape index (κ1) is 18.1. The maximum atomic E-state index is 13.3. The van der Waals surface area contributed by atoms with E-state index in [2.05, 4.69) is 15.2 Å². The van der Waals surface area contributed by atoms with Gasteiger partial charge in [-0.3, -0.25) is 14.1 Å². The highest BCUT2D eigenvalue weighted by molar-refractivity contribution is 7.15. The van der Waals surface area contributed by atoms with Crippen LogP contribution in [0.2, 0.25) is 0 Å². The Kier molecular flexibility index (Phi) is 5.47. The van der Waals surface area contributed by atoms with Crippen LogP contribution in [-0.2, 0) is 16.0 Å². The molecular weight excluding hydrogens is 367 g/mol. The molecule has 0 bridgehead atoms. The van der Waals surface area contributed by atoms with Crippen LogP contribution in [0, 0.1) is 5.82 Å². The van der Waals surface area contributed by atoms with E-state index in [1.165, 1.54) is 12.1 Å². The predicted octanol–water partition coefficient (Wildman–Crippen LogP) is 2.27. The summed E-state index contributed by atoms with van der Waals surface area (Å²) in [6.45, 7) is 3.37. The number of fused-ring (bicyclic) bond motifs is 1. The van der Waals surface area contributed by atoms with Gasteiger partial charge in [0, 0.05) is 37.4 Å². The summed E-state index contributed by atoms with van der Waals surface area (Å²) in [4.78, 5) is 20.0. The number of rotatable bonds is 6. The van der Waals surface area contributed by atoms with Gasteiger partial charge in [0.1, 0.15) is 5.82 Å². The molecule has 8 heteroatoms. The number of carbonyl (C=O) groups excluding carboxylic acids is 1. The van der Waals surface area contributed by atoms with Crippen molar-refractivity contribution in [2.24, 2.45) is 0 Å². The SMILES string of the molecule is O=C(Cc1cn2ccsc2n1)NCC(c1ccc(F)cc1)N1CCOCC1. The van der Waals surface area contributed by atoms with Crippen LogP contribution in [0.3, 0.4) is 0 Å². The van der Waals surface area contributed by atoms with Crippen LogP contribution in [0.4, 0.5) is 4.39 Å². The van der Waals surface area contributed by atoms with Gasteiger partial charge in [-0.1, -0.05) is 12.1 Å². The number of carbonyl (C=O) groups is 1. The molecule has 1 N–H and O–H groups in total. The summed E-state index contributed by atoms with van der Waals surface area (Å²) in [5, 5.41) is 4.98. The van der Waals surface area contributed by atoms with E-state index in [1.54, 1.807) is 23.5 Å². The zero-order valence-electron chi connectivity index (χ0n) is 14.8. The number of imidazole rings is 1. The maximum Gasteiger partial charge on any atom is 0.226 e. The van der Waals surface area contributed by atoms with Gasteiger partial charge in [-0.25, -0.2) is 9.37 Å². The fourth-order valence-corrected chi connectivity index (χ4v) is 4.05. The molecule has 142 valence electrons. The summed E-state index contributed by atoms with van der Waals surface area (Å²) in [6.07, 6.45) is 4.05. The van der Waals surface area contributed by atoms with Crippen LogP contribution >= 0.6 is 11.3 Å². The van der Waals surface area contributed by atoms with E-state index in [0.29, 0.717) is 19.8 Å². The summed E-state index contributed by atoms with van der Waals surface area (Å²) in [6, 6.07) is 6.48. The van der Waals surface area contributed by atoms with Gasteiger partial charge < -0.3 is 10.1 Å². The molecule has 3 heterocycles. The third-order valence-corrected chi connectivity index (χ3v) is 5.49. The molecule has 1 amide bonds. The number of amides is 1. The number of morpholine rings is 1. The highest BCUT2D eigenvalue weighted by Crippen LogP contribution is 2.22. The molecular formula is C19H21FN4O2S. The summed E-state index contributed by atoms with van der Waals surface area (Å²) in [5.41, 5.74) is 1.74. The second kappa shape index (κ2) is 8.16. The van der Waals surface area contributed by atoms with Gasteiger partial charge in [-0.05, 0) is 17.7 Å². The Hall–Kier alpha value is -2.29. The number of hydrogen-bond acceptors (Lipinski definition) is 5. The number of thiazole rings is 1. The predicted molar refractivity (Wildman–Crippen MR) is 101 cm³/mol. The molecule has 6 nitrogen and oxygen atoms in total. The number of ether oxygens (including phenoxy) is 1. The number of nitrogens with zero attached hydrogens (tertiary/aromatic N) is 3. The molecule has 1 unspecified atom stereocenters. The van der Waals surface area contributed by atoms with Gasteiger partial charge in [0.15, 0.2) is 4.96 Å². The van der Waals surface area contributed by atoms with E-state index in [-0.39, 0.29) is 24.2 Å². The molecule has 1 aromatic carbocycles. The quantitative estimate of drug-likeness (QED) is 0.704. The lowest BCUT2D eigenvalue weighted by atomic mass is 10.0. The van der Waals surface area contributed by atoms with Crippen molar-refractivity contribution < 1.29 is 13.9 Å². The number of aromatic nitrogens is 2. The molecule has 1 aliphatic rings. The monoisotopic (exact) mass is 388 g/mol. The van der Waals surface area contributed by atoms with Crippen molar-refractivity contribution in [2.45, 2.75) is 12.5 Å². The zero-order valence-corrected chi connectivity index (χ0v) is 15.6. The Morgan fingerprint density at radius 3 is 2.81 bits per heavy atom. The van der Waals surface area contributed by atoms with Crippen LogP contribution < -0.4 is 5.32 Å². The molecule has 3 aromatic rings. The van der Waals surface area contributed by atoms with Crippen molar-refractivity contribution in [1.82, 2.24) is 19.6 Å². The van der Waals surface area contributed by atoms with E-state index in [0.717, 1.165) is 29.3 Å². The maximum absolute atomic E-state index is 13.3. The highest BCUT2D eigenvalue weighted by atomic mass is 32.1. The first-order valence-corrected chi connectivity index (χ1v) is 9.82. The van der Waals surface area contributed by atoms with Crippen LogP contribution in [0.5, 0.6) is 0 Å². The van der Waals surface area contributed by atoms with Crippen molar-refractivity contribution in [1.29, 1.82) is 0 Å². The average Bonchev–Trinajstić information content (AvgIpc) is 3.26. The van der Waals surface area contributed by atoms with Crippen LogP contribution in [0.1, 0.15) is 17.3 Å². The number of halogens is 1. The van der Waals surface area contributed by atoms with Gasteiger partial charge in [0.2, 0.25) is 5.91 Å². The molecule has 1 fully saturated rings. The zero-order chi connectivity index (χ0) is 18.6. The Morgan fingerprint density at radius 2 is 2.07 bits per heavy atom. The molecule has 0 saturated carbocycles. The first-order chi connectivity index (χ1) is 13.2. The molecule has 1 saturated heterocycles. The van der Waals surface area contributed by atoms with Crippen LogP contribution in [-0.4, -0.2) is 53.0 Å². The summed E-state index contributed by atoms with van der Waals surface area (Å²) in [7, 11) is 0. The van der Waals surface area contributed by atoms with E-state index in [9.17, 15) is 9.18 Å². The first-order valence-electron chi connectivity index (χ1n) is 8.94. The lowest BCUT2D eigenvalue weighted by Crippen LogP contribution is -2.44. The molecule has 0 spiro atoms. The van der Waals surface area contributed by atoms with E-state index < -0.39 is 0 Å². The summed E-state index contributed by atoms with van der Waals surface area (Å²) >= 11 is 1.54. The Labute approximate surface area is 160 Å². The molecule has 0 aliphatic carbocycles. The third kappa shape index (κ3) is 4.35. The fraction of sp³-hybridized carbons (Fsp3) is 0.368. The largest absolute Gasteiger partial charge is 0.379 e. The molecule has 4 rings (SSSR count). The van der Waals surface area contributed by atoms with Crippen molar-refractivity contribution in [3.63, 3.8) is 0 Å². The second-order valence-corrected chi connectivity index (χ2v) is 7.39. The van der Waals surface area contributed by atoms with E-state index in [4.69, 9.17) is 4.74 Å². The van der Waals surface area contributed by atoms with Crippen molar-refractivity contribution in [3.8, 4) is 0 Å². The van der Waals surface area contributed by atoms with Crippen LogP contribution in [0.25, 0.3) is 4.96 Å². The Bertz CT molecular complexity index is 873. The molecule has 2 aromatic heterocycles. The minimum absolute atomic E-state index is 0.0102. The summed E-state index contributed by atoms with van der Waals surface area (Å²) in [5.74, 6) is -0.329. The van der Waals surface area contributed by atoms with Crippen molar-refractivity contribution >= 4 is 22.2 Å². The fourth-order valence-electron chi connectivity index (χ4n) is 3.33. The Balaban J connectivity index is 1.41. The number of nitrogens with one attached hydrogen (secondary N) is 1. The van der Waals surface area contributed by atoms with Crippen molar-refractivity contribution in [3.05, 3.63) is 59.1 Å². The number of hydrogen-bond donors (Lipinski definition) is 1. The van der Waals surface area contributed by atoms with Crippen molar-refractivity contribution in [2.75, 3.05) is 32.8 Å². The Morgan fingerprint density at radius 1 is 1.30 bits per heavy atom. The van der Waals surface area contributed by atoms with E-state index in [1.807, 2.05) is 22.2 Å². The molecule has 27 heavy (non-hydrogen) atoms. The van der Waals surface area contributed by atoms with Gasteiger partial charge in [0.05, 0.1) is 31.4 Å². The topological polar surface area (TPSA) is 58.9 Å². The normalized spacial score (nSPS) is 16.5. The lowest BCUT2D eigenvalue weighted by molar-refractivity contribution is -0.120. The summed E-state index contributed by atoms with van der Waals surface area (Å²) < 4.78 is 20.6. The van der Waals surface area contributed by atoms with Gasteiger partial charge in [0.25, 0.3) is 0 Å². The van der Waals surface area contributed by atoms with Gasteiger partial charge in [-0.2, -0.15) is 0 Å². The van der Waals surface area contributed by atoms with Gasteiger partial charge in [-0.15, -0.1) is 11.3 Å². The number of benzene rings is 1. The molecule has 1 aliphatic heterocycles. The van der Waals surface area contributed by atoms with Gasteiger partial charge >= 0.3 is 0 Å². The standard InChI is InChI=1S/C19H21FN4O2S/c20-15-3-1-14(2-4-15)17(23-5-8-26-9-6-23)12-21-18(25)11-16-13-24-7-10-27-19(24)22-16/h1-4,7,10,13,17H,5-6,8-9,11-12H2,(H,21,25). The minimum Gasteiger partial charge on any atom is -0.379 e. The smallest absolute Gasteiger partial charge is 0.226 e. The minimum atomic E-state index is -0.261. The second-order valence-electron chi connectivity index (χ2n) is 6.52. The average molecular weight is 388 g/mol. The molecule has 1 atom stereocenters. The lowest BCUT2D eigenvalue weighted by Gasteiger charge is -2.35. The van der Waals surface area contributed by atoms with Crippen LogP contribution in [0.15, 0.2) is 42.0 Å². The van der Waals surface area contributed by atoms with E-state index >= 15 is 0 Å². The third-order valence-electron chi connectivity index (χ3n) is 4.72.